The van der Waals surface area contributed by atoms with Crippen LogP contribution >= 0.6 is 11.6 Å². The molecule has 0 amide bonds. The number of allylic oxidation sites excluding steroid dienone is 2. The van der Waals surface area contributed by atoms with E-state index in [4.69, 9.17) is 17.3 Å². The predicted octanol–water partition coefficient (Wildman–Crippen LogP) is 0.901. The summed E-state index contributed by atoms with van der Waals surface area (Å²) in [5.74, 6) is 0. The Labute approximate surface area is 59.4 Å². The highest BCUT2D eigenvalue weighted by Gasteiger charge is 2.13. The maximum absolute atomic E-state index is 5.64. The van der Waals surface area contributed by atoms with E-state index in [1.807, 2.05) is 13.0 Å². The Morgan fingerprint density at radius 2 is 2.44 bits per heavy atom. The van der Waals surface area contributed by atoms with Gasteiger partial charge < -0.3 is 11.1 Å². The molecular formula is C6H9ClN2. The number of hydrogen-bond acceptors (Lipinski definition) is 2. The van der Waals surface area contributed by atoms with Gasteiger partial charge in [0.05, 0.1) is 5.03 Å². The lowest BCUT2D eigenvalue weighted by Crippen LogP contribution is -2.47. The molecule has 9 heavy (non-hydrogen) atoms. The molecule has 1 aliphatic heterocycles. The number of rotatable bonds is 0. The van der Waals surface area contributed by atoms with Crippen LogP contribution in [0.5, 0.6) is 0 Å². The summed E-state index contributed by atoms with van der Waals surface area (Å²) in [4.78, 5) is 0. The lowest BCUT2D eigenvalue weighted by Gasteiger charge is -2.23. The molecule has 1 atom stereocenters. The van der Waals surface area contributed by atoms with Gasteiger partial charge in [0.25, 0.3) is 0 Å². The van der Waals surface area contributed by atoms with E-state index in [0.29, 0.717) is 5.03 Å². The Hall–Kier alpha value is -0.470. The van der Waals surface area contributed by atoms with Crippen molar-refractivity contribution in [3.8, 4) is 0 Å². The molecule has 0 aromatic heterocycles. The zero-order valence-corrected chi connectivity index (χ0v) is 5.94. The molecule has 0 saturated carbocycles. The van der Waals surface area contributed by atoms with Crippen LogP contribution in [-0.2, 0) is 0 Å². The minimum absolute atomic E-state index is 0.432. The van der Waals surface area contributed by atoms with Crippen LogP contribution in [0.1, 0.15) is 6.92 Å². The van der Waals surface area contributed by atoms with Crippen LogP contribution in [-0.4, -0.2) is 5.66 Å². The van der Waals surface area contributed by atoms with Crippen molar-refractivity contribution in [3.63, 3.8) is 0 Å². The molecule has 0 aliphatic carbocycles. The maximum Gasteiger partial charge on any atom is 0.102 e. The van der Waals surface area contributed by atoms with E-state index in [0.717, 1.165) is 0 Å². The quantitative estimate of drug-likeness (QED) is 0.530. The van der Waals surface area contributed by atoms with Crippen LogP contribution in [0.2, 0.25) is 0 Å². The zero-order valence-electron chi connectivity index (χ0n) is 5.19. The van der Waals surface area contributed by atoms with Crippen LogP contribution in [0.15, 0.2) is 23.4 Å². The highest BCUT2D eigenvalue weighted by molar-refractivity contribution is 6.31. The van der Waals surface area contributed by atoms with Gasteiger partial charge in [-0.1, -0.05) is 11.6 Å². The molecule has 1 unspecified atom stereocenters. The molecule has 1 aliphatic rings. The molecule has 0 bridgehead atoms. The van der Waals surface area contributed by atoms with Crippen molar-refractivity contribution in [2.24, 2.45) is 5.73 Å². The van der Waals surface area contributed by atoms with Crippen LogP contribution in [0.3, 0.4) is 0 Å². The van der Waals surface area contributed by atoms with Crippen molar-refractivity contribution < 1.29 is 0 Å². The first-order valence-electron chi connectivity index (χ1n) is 2.72. The summed E-state index contributed by atoms with van der Waals surface area (Å²) < 4.78 is 0. The molecule has 50 valence electrons. The van der Waals surface area contributed by atoms with Crippen LogP contribution in [0.4, 0.5) is 0 Å². The van der Waals surface area contributed by atoms with Crippen molar-refractivity contribution in [1.29, 1.82) is 0 Å². The minimum atomic E-state index is -0.432. The van der Waals surface area contributed by atoms with E-state index in [1.165, 1.54) is 0 Å². The standard InChI is InChI=1S/C6H9ClN2/c1-6(8)3-2-5(7)4-9-6/h2-4,9H,8H2,1H3. The molecule has 0 fully saturated rings. The topological polar surface area (TPSA) is 38.0 Å². The van der Waals surface area contributed by atoms with Gasteiger partial charge in [0, 0.05) is 6.20 Å². The van der Waals surface area contributed by atoms with Gasteiger partial charge in [-0.3, -0.25) is 0 Å². The third-order valence-electron chi connectivity index (χ3n) is 1.11. The van der Waals surface area contributed by atoms with Gasteiger partial charge in [0.2, 0.25) is 0 Å². The van der Waals surface area contributed by atoms with E-state index in [1.54, 1.807) is 12.3 Å². The Bertz CT molecular complexity index is 170. The van der Waals surface area contributed by atoms with Gasteiger partial charge in [-0.15, -0.1) is 0 Å². The Balaban J connectivity index is 2.70. The summed E-state index contributed by atoms with van der Waals surface area (Å²) in [6, 6.07) is 0. The second kappa shape index (κ2) is 2.05. The summed E-state index contributed by atoms with van der Waals surface area (Å²) in [7, 11) is 0. The number of hydrogen-bond donors (Lipinski definition) is 2. The van der Waals surface area contributed by atoms with Crippen molar-refractivity contribution in [3.05, 3.63) is 23.4 Å². The smallest absolute Gasteiger partial charge is 0.102 e. The first-order valence-corrected chi connectivity index (χ1v) is 3.09. The molecular weight excluding hydrogens is 136 g/mol. The molecule has 1 heterocycles. The molecule has 2 nitrogen and oxygen atoms in total. The molecule has 0 radical (unpaired) electrons. The van der Waals surface area contributed by atoms with Gasteiger partial charge in [-0.05, 0) is 19.1 Å². The summed E-state index contributed by atoms with van der Waals surface area (Å²) >= 11 is 5.60. The first-order chi connectivity index (χ1) is 4.10. The van der Waals surface area contributed by atoms with Crippen molar-refractivity contribution >= 4 is 11.6 Å². The lowest BCUT2D eigenvalue weighted by atomic mass is 10.1. The minimum Gasteiger partial charge on any atom is -0.369 e. The first kappa shape index (κ1) is 6.65. The molecule has 0 spiro atoms. The summed E-state index contributed by atoms with van der Waals surface area (Å²) in [6.07, 6.45) is 5.27. The van der Waals surface area contributed by atoms with E-state index >= 15 is 0 Å². The SMILES string of the molecule is CC1(N)C=CC(Cl)=CN1. The fraction of sp³-hybridized carbons (Fsp3) is 0.333. The van der Waals surface area contributed by atoms with Gasteiger partial charge >= 0.3 is 0 Å². The van der Waals surface area contributed by atoms with Gasteiger partial charge in [-0.2, -0.15) is 0 Å². The Morgan fingerprint density at radius 3 is 2.78 bits per heavy atom. The highest BCUT2D eigenvalue weighted by Crippen LogP contribution is 2.10. The van der Waals surface area contributed by atoms with Crippen LogP contribution in [0, 0.1) is 0 Å². The van der Waals surface area contributed by atoms with Crippen LogP contribution < -0.4 is 11.1 Å². The second-order valence-electron chi connectivity index (χ2n) is 2.29. The van der Waals surface area contributed by atoms with Crippen molar-refractivity contribution in [2.45, 2.75) is 12.6 Å². The van der Waals surface area contributed by atoms with Gasteiger partial charge in [0.15, 0.2) is 0 Å². The summed E-state index contributed by atoms with van der Waals surface area (Å²) in [5.41, 5.74) is 5.21. The molecule has 1 rings (SSSR count). The molecule has 3 N–H and O–H groups in total. The number of halogens is 1. The molecule has 0 saturated heterocycles. The monoisotopic (exact) mass is 144 g/mol. The molecule has 0 aromatic carbocycles. The average molecular weight is 145 g/mol. The normalized spacial score (nSPS) is 33.4. The maximum atomic E-state index is 5.64. The van der Waals surface area contributed by atoms with E-state index < -0.39 is 5.66 Å². The zero-order chi connectivity index (χ0) is 6.91. The van der Waals surface area contributed by atoms with Gasteiger partial charge in [0.1, 0.15) is 5.66 Å². The number of nitrogens with two attached hydrogens (primary N) is 1. The third kappa shape index (κ3) is 1.73. The highest BCUT2D eigenvalue weighted by atomic mass is 35.5. The largest absolute Gasteiger partial charge is 0.369 e. The fourth-order valence-corrected chi connectivity index (χ4v) is 0.691. The third-order valence-corrected chi connectivity index (χ3v) is 1.34. The Kier molecular flexibility index (Phi) is 1.51. The summed E-state index contributed by atoms with van der Waals surface area (Å²) in [5, 5.41) is 3.58. The van der Waals surface area contributed by atoms with E-state index in [9.17, 15) is 0 Å². The van der Waals surface area contributed by atoms with Crippen molar-refractivity contribution in [2.75, 3.05) is 0 Å². The number of dihydropyridines is 1. The Morgan fingerprint density at radius 1 is 1.78 bits per heavy atom. The molecule has 0 aromatic rings. The van der Waals surface area contributed by atoms with Crippen molar-refractivity contribution in [1.82, 2.24) is 5.32 Å². The number of nitrogens with one attached hydrogen (secondary N) is 1. The molecule has 3 heteroatoms. The van der Waals surface area contributed by atoms with E-state index in [2.05, 4.69) is 5.32 Å². The summed E-state index contributed by atoms with van der Waals surface area (Å²) in [6.45, 7) is 1.86. The van der Waals surface area contributed by atoms with Crippen LogP contribution in [0.25, 0.3) is 0 Å². The predicted molar refractivity (Wildman–Crippen MR) is 38.8 cm³/mol. The van der Waals surface area contributed by atoms with E-state index in [-0.39, 0.29) is 0 Å². The lowest BCUT2D eigenvalue weighted by molar-refractivity contribution is 0.517. The average Bonchev–Trinajstić information content (AvgIpc) is 1.78. The fourth-order valence-electron chi connectivity index (χ4n) is 0.573. The van der Waals surface area contributed by atoms with Gasteiger partial charge in [-0.25, -0.2) is 0 Å². The second-order valence-corrected chi connectivity index (χ2v) is 2.73.